The maximum Gasteiger partial charge on any atom is 0.251 e. The highest BCUT2D eigenvalue weighted by atomic mass is 16.5. The van der Waals surface area contributed by atoms with E-state index in [1.165, 1.54) is 0 Å². The Bertz CT molecular complexity index is 743. The number of methoxy groups -OCH3 is 1. The minimum atomic E-state index is -0.162. The zero-order valence-electron chi connectivity index (χ0n) is 13.5. The van der Waals surface area contributed by atoms with Gasteiger partial charge in [-0.1, -0.05) is 0 Å². The fourth-order valence-corrected chi connectivity index (χ4v) is 2.67. The summed E-state index contributed by atoms with van der Waals surface area (Å²) in [4.78, 5) is 29.8. The predicted octanol–water partition coefficient (Wildman–Crippen LogP) is 2.15. The van der Waals surface area contributed by atoms with Gasteiger partial charge in [-0.25, -0.2) is 4.98 Å². The van der Waals surface area contributed by atoms with Crippen molar-refractivity contribution in [3.05, 3.63) is 53.7 Å². The number of amides is 2. The molecular formula is C18H19N3O3. The molecular weight excluding hydrogens is 306 g/mol. The number of carbonyl (C=O) groups excluding carboxylic acids is 2. The summed E-state index contributed by atoms with van der Waals surface area (Å²) < 4.78 is 5.06. The zero-order valence-corrected chi connectivity index (χ0v) is 13.5. The van der Waals surface area contributed by atoms with Crippen LogP contribution in [0.3, 0.4) is 0 Å². The van der Waals surface area contributed by atoms with E-state index in [1.807, 2.05) is 18.2 Å². The lowest BCUT2D eigenvalue weighted by molar-refractivity contribution is -0.117. The third-order valence-electron chi connectivity index (χ3n) is 3.98. The average molecular weight is 325 g/mol. The molecule has 0 aliphatic carbocycles. The average Bonchev–Trinajstić information content (AvgIpc) is 3.06. The van der Waals surface area contributed by atoms with Crippen LogP contribution in [0.4, 0.5) is 5.69 Å². The molecule has 6 nitrogen and oxygen atoms in total. The summed E-state index contributed by atoms with van der Waals surface area (Å²) in [7, 11) is 1.55. The van der Waals surface area contributed by atoms with Gasteiger partial charge in [0, 0.05) is 43.0 Å². The lowest BCUT2D eigenvalue weighted by atomic mass is 10.1. The second-order valence-electron chi connectivity index (χ2n) is 5.58. The van der Waals surface area contributed by atoms with Crippen molar-refractivity contribution >= 4 is 17.5 Å². The number of hydrogen-bond donors (Lipinski definition) is 1. The van der Waals surface area contributed by atoms with E-state index < -0.39 is 0 Å². The number of ether oxygens (including phenoxy) is 1. The maximum absolute atomic E-state index is 12.2. The molecule has 1 aromatic carbocycles. The number of hydrogen-bond acceptors (Lipinski definition) is 4. The lowest BCUT2D eigenvalue weighted by Crippen LogP contribution is -2.25. The first-order valence-electron chi connectivity index (χ1n) is 7.85. The summed E-state index contributed by atoms with van der Waals surface area (Å²) in [5, 5.41) is 2.86. The predicted molar refractivity (Wildman–Crippen MR) is 90.0 cm³/mol. The Morgan fingerprint density at radius 2 is 2.08 bits per heavy atom. The van der Waals surface area contributed by atoms with Gasteiger partial charge in [0.1, 0.15) is 0 Å². The van der Waals surface area contributed by atoms with Gasteiger partial charge in [0.15, 0.2) is 0 Å². The molecule has 1 aromatic heterocycles. The zero-order chi connectivity index (χ0) is 16.9. The number of benzene rings is 1. The molecule has 2 heterocycles. The number of aromatic nitrogens is 1. The molecule has 3 rings (SSSR count). The molecule has 124 valence electrons. The third-order valence-corrected chi connectivity index (χ3v) is 3.98. The Hall–Kier alpha value is -2.89. The molecule has 6 heteroatoms. The van der Waals surface area contributed by atoms with E-state index in [0.717, 1.165) is 24.2 Å². The van der Waals surface area contributed by atoms with Crippen LogP contribution >= 0.6 is 0 Å². The van der Waals surface area contributed by atoms with Crippen LogP contribution in [0.2, 0.25) is 0 Å². The van der Waals surface area contributed by atoms with Crippen LogP contribution in [0.5, 0.6) is 5.88 Å². The molecule has 0 unspecified atom stereocenters. The molecule has 2 aromatic rings. The highest BCUT2D eigenvalue weighted by Crippen LogP contribution is 2.21. The van der Waals surface area contributed by atoms with E-state index in [0.29, 0.717) is 24.4 Å². The first-order valence-corrected chi connectivity index (χ1v) is 7.85. The smallest absolute Gasteiger partial charge is 0.251 e. The van der Waals surface area contributed by atoms with Crippen molar-refractivity contribution in [1.82, 2.24) is 10.3 Å². The minimum Gasteiger partial charge on any atom is -0.481 e. The number of pyridine rings is 1. The van der Waals surface area contributed by atoms with Crippen LogP contribution in [0.15, 0.2) is 42.6 Å². The number of nitrogens with one attached hydrogen (secondary N) is 1. The number of anilines is 1. The van der Waals surface area contributed by atoms with E-state index in [-0.39, 0.29) is 11.8 Å². The highest BCUT2D eigenvalue weighted by Gasteiger charge is 2.21. The summed E-state index contributed by atoms with van der Waals surface area (Å²) in [5.41, 5.74) is 2.31. The summed E-state index contributed by atoms with van der Waals surface area (Å²) in [6.45, 7) is 1.14. The first kappa shape index (κ1) is 16.0. The van der Waals surface area contributed by atoms with Crippen LogP contribution in [0.1, 0.15) is 28.8 Å². The van der Waals surface area contributed by atoms with Gasteiger partial charge in [0.2, 0.25) is 11.8 Å². The summed E-state index contributed by atoms with van der Waals surface area (Å²) in [6, 6.07) is 10.7. The van der Waals surface area contributed by atoms with Crippen LogP contribution < -0.4 is 15.0 Å². The minimum absolute atomic E-state index is 0.138. The molecule has 24 heavy (non-hydrogen) atoms. The highest BCUT2D eigenvalue weighted by molar-refractivity contribution is 5.97. The van der Waals surface area contributed by atoms with Crippen LogP contribution in [-0.4, -0.2) is 30.5 Å². The molecule has 0 bridgehead atoms. The molecule has 0 saturated carbocycles. The Morgan fingerprint density at radius 3 is 2.75 bits per heavy atom. The molecule has 1 saturated heterocycles. The van der Waals surface area contributed by atoms with Crippen molar-refractivity contribution in [3.63, 3.8) is 0 Å². The van der Waals surface area contributed by atoms with Gasteiger partial charge in [-0.05, 0) is 42.3 Å². The fraction of sp³-hybridized carbons (Fsp3) is 0.278. The van der Waals surface area contributed by atoms with E-state index in [9.17, 15) is 9.59 Å². The second-order valence-corrected chi connectivity index (χ2v) is 5.58. The molecule has 1 fully saturated rings. The first-order chi connectivity index (χ1) is 11.7. The molecule has 1 N–H and O–H groups in total. The monoisotopic (exact) mass is 325 g/mol. The molecule has 0 radical (unpaired) electrons. The van der Waals surface area contributed by atoms with Gasteiger partial charge < -0.3 is 15.0 Å². The van der Waals surface area contributed by atoms with Crippen molar-refractivity contribution in [3.8, 4) is 5.88 Å². The standard InChI is InChI=1S/C18H19N3O3/c1-24-16-11-13(8-9-19-16)12-20-18(23)14-4-6-15(7-5-14)21-10-2-3-17(21)22/h4-9,11H,2-3,10,12H2,1H3,(H,20,23). The lowest BCUT2D eigenvalue weighted by Gasteiger charge is -2.15. The van der Waals surface area contributed by atoms with Crippen molar-refractivity contribution in [2.45, 2.75) is 19.4 Å². The third kappa shape index (κ3) is 3.53. The van der Waals surface area contributed by atoms with E-state index in [1.54, 1.807) is 36.4 Å². The number of carbonyl (C=O) groups is 2. The van der Waals surface area contributed by atoms with E-state index >= 15 is 0 Å². The van der Waals surface area contributed by atoms with Gasteiger partial charge in [0.05, 0.1) is 7.11 Å². The Balaban J connectivity index is 1.61. The van der Waals surface area contributed by atoms with Crippen LogP contribution in [0.25, 0.3) is 0 Å². The number of nitrogens with zero attached hydrogens (tertiary/aromatic N) is 2. The summed E-state index contributed by atoms with van der Waals surface area (Å²) >= 11 is 0. The molecule has 1 aliphatic rings. The van der Waals surface area contributed by atoms with Crippen LogP contribution in [-0.2, 0) is 11.3 Å². The van der Waals surface area contributed by atoms with E-state index in [2.05, 4.69) is 10.3 Å². The van der Waals surface area contributed by atoms with Crippen molar-refractivity contribution in [1.29, 1.82) is 0 Å². The summed E-state index contributed by atoms with van der Waals surface area (Å²) in [6.07, 6.45) is 3.12. The fourth-order valence-electron chi connectivity index (χ4n) is 2.67. The molecule has 0 spiro atoms. The van der Waals surface area contributed by atoms with Crippen molar-refractivity contribution < 1.29 is 14.3 Å². The SMILES string of the molecule is COc1cc(CNC(=O)c2ccc(N3CCCC3=O)cc2)ccn1. The normalized spacial score (nSPS) is 13.9. The maximum atomic E-state index is 12.2. The van der Waals surface area contributed by atoms with Crippen molar-refractivity contribution in [2.75, 3.05) is 18.6 Å². The molecule has 1 aliphatic heterocycles. The Morgan fingerprint density at radius 1 is 1.29 bits per heavy atom. The number of rotatable bonds is 5. The van der Waals surface area contributed by atoms with Crippen molar-refractivity contribution in [2.24, 2.45) is 0 Å². The largest absolute Gasteiger partial charge is 0.481 e. The Labute approximate surface area is 140 Å². The molecule has 0 atom stereocenters. The van der Waals surface area contributed by atoms with E-state index in [4.69, 9.17) is 4.74 Å². The van der Waals surface area contributed by atoms with Gasteiger partial charge in [-0.2, -0.15) is 0 Å². The van der Waals surface area contributed by atoms with Gasteiger partial charge >= 0.3 is 0 Å². The Kier molecular flexibility index (Phi) is 4.74. The van der Waals surface area contributed by atoms with Crippen LogP contribution in [0, 0.1) is 0 Å². The van der Waals surface area contributed by atoms with Gasteiger partial charge in [-0.15, -0.1) is 0 Å². The van der Waals surface area contributed by atoms with Gasteiger partial charge in [-0.3, -0.25) is 9.59 Å². The second kappa shape index (κ2) is 7.12. The topological polar surface area (TPSA) is 71.5 Å². The summed E-state index contributed by atoms with van der Waals surface area (Å²) in [5.74, 6) is 0.491. The quantitative estimate of drug-likeness (QED) is 0.914. The van der Waals surface area contributed by atoms with Gasteiger partial charge in [0.25, 0.3) is 5.91 Å². The molecule has 2 amide bonds.